The summed E-state index contributed by atoms with van der Waals surface area (Å²) in [5.74, 6) is -4.12. The fourth-order valence-corrected chi connectivity index (χ4v) is 0.917. The number of carboxylic acid groups (broad SMARTS) is 1. The van der Waals surface area contributed by atoms with Gasteiger partial charge in [0.1, 0.15) is 11.6 Å². The lowest BCUT2D eigenvalue weighted by molar-refractivity contribution is -0.146. The highest BCUT2D eigenvalue weighted by Crippen LogP contribution is 2.12. The Balaban J connectivity index is 2.99. The van der Waals surface area contributed by atoms with Crippen molar-refractivity contribution < 1.29 is 24.2 Å². The van der Waals surface area contributed by atoms with E-state index >= 15 is 0 Å². The first-order chi connectivity index (χ1) is 7.00. The van der Waals surface area contributed by atoms with Crippen molar-refractivity contribution in [3.8, 4) is 0 Å². The van der Waals surface area contributed by atoms with Crippen molar-refractivity contribution in [2.24, 2.45) is 0 Å². The third-order valence-corrected chi connectivity index (χ3v) is 1.60. The Labute approximate surface area is 84.3 Å². The van der Waals surface area contributed by atoms with Gasteiger partial charge in [-0.3, -0.25) is 4.79 Å². The molecule has 0 aromatic heterocycles. The summed E-state index contributed by atoms with van der Waals surface area (Å²) >= 11 is 0. The van der Waals surface area contributed by atoms with Crippen molar-refractivity contribution in [2.75, 3.05) is 0 Å². The molecule has 15 heavy (non-hydrogen) atoms. The van der Waals surface area contributed by atoms with E-state index in [0.717, 1.165) is 12.1 Å². The van der Waals surface area contributed by atoms with Crippen molar-refractivity contribution in [1.29, 1.82) is 0 Å². The van der Waals surface area contributed by atoms with Crippen molar-refractivity contribution in [3.05, 3.63) is 41.7 Å². The Kier molecular flexibility index (Phi) is 3.17. The van der Waals surface area contributed by atoms with E-state index in [4.69, 9.17) is 5.11 Å². The number of aliphatic hydroxyl groups is 1. The van der Waals surface area contributed by atoms with Gasteiger partial charge in [0.05, 0.1) is 0 Å². The summed E-state index contributed by atoms with van der Waals surface area (Å²) < 4.78 is 12.7. The molecule has 0 aliphatic carbocycles. The molecule has 0 bridgehead atoms. The van der Waals surface area contributed by atoms with E-state index in [0.29, 0.717) is 6.08 Å². The molecule has 0 aliphatic heterocycles. The number of ketones is 1. The Hall–Kier alpha value is -2.17. The SMILES string of the molecule is O=C(O)C(=O)/C=C(\O)c1cccc(F)c1. The normalized spacial score (nSPS) is 11.1. The van der Waals surface area contributed by atoms with Crippen LogP contribution in [-0.2, 0) is 9.59 Å². The molecule has 0 spiro atoms. The molecule has 0 amide bonds. The summed E-state index contributed by atoms with van der Waals surface area (Å²) in [6, 6.07) is 4.83. The van der Waals surface area contributed by atoms with Gasteiger partial charge >= 0.3 is 5.97 Å². The van der Waals surface area contributed by atoms with Crippen molar-refractivity contribution in [1.82, 2.24) is 0 Å². The highest BCUT2D eigenvalue weighted by Gasteiger charge is 2.10. The fourth-order valence-electron chi connectivity index (χ4n) is 0.917. The largest absolute Gasteiger partial charge is 0.507 e. The van der Waals surface area contributed by atoms with Gasteiger partial charge < -0.3 is 10.2 Å². The highest BCUT2D eigenvalue weighted by molar-refractivity contribution is 6.38. The smallest absolute Gasteiger partial charge is 0.376 e. The number of aliphatic hydroxyl groups excluding tert-OH is 1. The zero-order valence-corrected chi connectivity index (χ0v) is 7.48. The summed E-state index contributed by atoms with van der Waals surface area (Å²) in [5.41, 5.74) is 0.0459. The number of halogens is 1. The van der Waals surface area contributed by atoms with Crippen LogP contribution in [0.2, 0.25) is 0 Å². The summed E-state index contributed by atoms with van der Waals surface area (Å²) in [4.78, 5) is 20.8. The molecule has 4 nitrogen and oxygen atoms in total. The molecule has 0 saturated carbocycles. The second-order valence-electron chi connectivity index (χ2n) is 2.71. The minimum atomic E-state index is -1.68. The molecule has 0 atom stereocenters. The predicted molar refractivity (Wildman–Crippen MR) is 49.6 cm³/mol. The molecule has 78 valence electrons. The van der Waals surface area contributed by atoms with Gasteiger partial charge in [-0.15, -0.1) is 0 Å². The second-order valence-corrected chi connectivity index (χ2v) is 2.71. The summed E-state index contributed by atoms with van der Waals surface area (Å²) in [7, 11) is 0. The van der Waals surface area contributed by atoms with E-state index in [-0.39, 0.29) is 5.56 Å². The minimum Gasteiger partial charge on any atom is -0.507 e. The van der Waals surface area contributed by atoms with Crippen molar-refractivity contribution in [3.63, 3.8) is 0 Å². The van der Waals surface area contributed by atoms with Crippen LogP contribution in [0.4, 0.5) is 4.39 Å². The zero-order chi connectivity index (χ0) is 11.4. The van der Waals surface area contributed by atoms with Gasteiger partial charge in [-0.1, -0.05) is 12.1 Å². The van der Waals surface area contributed by atoms with E-state index in [1.54, 1.807) is 0 Å². The lowest BCUT2D eigenvalue weighted by Crippen LogP contribution is -2.09. The highest BCUT2D eigenvalue weighted by atomic mass is 19.1. The van der Waals surface area contributed by atoms with Gasteiger partial charge in [0.15, 0.2) is 0 Å². The predicted octanol–water partition coefficient (Wildman–Crippen LogP) is 1.38. The summed E-state index contributed by atoms with van der Waals surface area (Å²) in [6.45, 7) is 0. The molecule has 2 N–H and O–H groups in total. The first kappa shape index (κ1) is 10.9. The van der Waals surface area contributed by atoms with E-state index in [1.165, 1.54) is 12.1 Å². The molecule has 0 aliphatic rings. The van der Waals surface area contributed by atoms with Crippen LogP contribution in [-0.4, -0.2) is 22.0 Å². The molecule has 1 rings (SSSR count). The average molecular weight is 210 g/mol. The van der Waals surface area contributed by atoms with Gasteiger partial charge in [-0.05, 0) is 12.1 Å². The maximum atomic E-state index is 12.7. The summed E-state index contributed by atoms with van der Waals surface area (Å²) in [5, 5.41) is 17.5. The van der Waals surface area contributed by atoms with Gasteiger partial charge in [0.25, 0.3) is 5.78 Å². The van der Waals surface area contributed by atoms with Crippen LogP contribution >= 0.6 is 0 Å². The third-order valence-electron chi connectivity index (χ3n) is 1.60. The van der Waals surface area contributed by atoms with Crippen LogP contribution < -0.4 is 0 Å². The zero-order valence-electron chi connectivity index (χ0n) is 7.48. The van der Waals surface area contributed by atoms with Crippen LogP contribution in [0.3, 0.4) is 0 Å². The van der Waals surface area contributed by atoms with Crippen LogP contribution in [0.25, 0.3) is 5.76 Å². The molecule has 1 aromatic carbocycles. The van der Waals surface area contributed by atoms with E-state index in [2.05, 4.69) is 0 Å². The molecule has 0 unspecified atom stereocenters. The standard InChI is InChI=1S/C10H7FO4/c11-7-3-1-2-6(4-7)8(12)5-9(13)10(14)15/h1-5,12H,(H,14,15)/b8-5-. The van der Waals surface area contributed by atoms with Crippen LogP contribution in [0.15, 0.2) is 30.3 Å². The summed E-state index contributed by atoms with van der Waals surface area (Å²) in [6.07, 6.45) is 0.525. The lowest BCUT2D eigenvalue weighted by atomic mass is 10.1. The topological polar surface area (TPSA) is 74.6 Å². The molecule has 0 saturated heterocycles. The third kappa shape index (κ3) is 2.91. The molecular formula is C10H7FO4. The Morgan fingerprint density at radius 3 is 2.47 bits per heavy atom. The van der Waals surface area contributed by atoms with Crippen LogP contribution in [0.1, 0.15) is 5.56 Å². The first-order valence-corrected chi connectivity index (χ1v) is 3.94. The molecule has 0 heterocycles. The molecule has 1 aromatic rings. The molecule has 0 fully saturated rings. The fraction of sp³-hybridized carbons (Fsp3) is 0. The number of carbonyl (C=O) groups excluding carboxylic acids is 1. The van der Waals surface area contributed by atoms with Crippen molar-refractivity contribution >= 4 is 17.5 Å². The van der Waals surface area contributed by atoms with Crippen LogP contribution in [0.5, 0.6) is 0 Å². The van der Waals surface area contributed by atoms with Gasteiger partial charge in [0, 0.05) is 11.6 Å². The van der Waals surface area contributed by atoms with Gasteiger partial charge in [-0.25, -0.2) is 9.18 Å². The number of aliphatic carboxylic acids is 1. The monoisotopic (exact) mass is 210 g/mol. The Morgan fingerprint density at radius 2 is 1.93 bits per heavy atom. The van der Waals surface area contributed by atoms with E-state index in [9.17, 15) is 19.1 Å². The minimum absolute atomic E-state index is 0.0459. The number of carbonyl (C=O) groups is 2. The first-order valence-electron chi connectivity index (χ1n) is 3.94. The van der Waals surface area contributed by atoms with Gasteiger partial charge in [0.2, 0.25) is 0 Å². The molecule has 0 radical (unpaired) electrons. The number of hydrogen-bond acceptors (Lipinski definition) is 3. The number of hydrogen-bond donors (Lipinski definition) is 2. The van der Waals surface area contributed by atoms with E-state index < -0.39 is 23.3 Å². The van der Waals surface area contributed by atoms with E-state index in [1.807, 2.05) is 0 Å². The van der Waals surface area contributed by atoms with Gasteiger partial charge in [-0.2, -0.15) is 0 Å². The maximum Gasteiger partial charge on any atom is 0.376 e. The average Bonchev–Trinajstić information content (AvgIpc) is 2.17. The Bertz CT molecular complexity index is 437. The van der Waals surface area contributed by atoms with Crippen LogP contribution in [0, 0.1) is 5.82 Å². The number of benzene rings is 1. The maximum absolute atomic E-state index is 12.7. The number of carboxylic acids is 1. The number of rotatable bonds is 3. The lowest BCUT2D eigenvalue weighted by Gasteiger charge is -1.98. The quantitative estimate of drug-likeness (QED) is 0.449. The van der Waals surface area contributed by atoms with Crippen molar-refractivity contribution in [2.45, 2.75) is 0 Å². The Morgan fingerprint density at radius 1 is 1.27 bits per heavy atom. The molecule has 5 heteroatoms. The molecular weight excluding hydrogens is 203 g/mol. The second kappa shape index (κ2) is 4.36.